The molecule has 3 atom stereocenters. The Bertz CT molecular complexity index is 1180. The van der Waals surface area contributed by atoms with Gasteiger partial charge in [0.2, 0.25) is 5.91 Å². The Morgan fingerprint density at radius 2 is 0.967 bits per heavy atom. The van der Waals surface area contributed by atoms with Crippen LogP contribution in [0.3, 0.4) is 0 Å². The van der Waals surface area contributed by atoms with E-state index in [1.807, 2.05) is 0 Å². The maximum absolute atomic E-state index is 13.2. The van der Waals surface area contributed by atoms with Crippen LogP contribution in [-0.4, -0.2) is 46.9 Å². The number of amides is 1. The molecule has 3 unspecified atom stereocenters. The van der Waals surface area contributed by atoms with Gasteiger partial charge >= 0.3 is 5.97 Å². The number of esters is 1. The fourth-order valence-electron chi connectivity index (χ4n) is 7.18. The van der Waals surface area contributed by atoms with Gasteiger partial charge in [0.25, 0.3) is 0 Å². The molecule has 0 rings (SSSR count). The number of aliphatic hydroxyl groups excluding tert-OH is 2. The average molecular weight is 850 g/mol. The molecule has 0 saturated carbocycles. The zero-order valence-electron chi connectivity index (χ0n) is 39.8. The van der Waals surface area contributed by atoms with E-state index in [-0.39, 0.29) is 24.9 Å². The molecule has 0 aromatic heterocycles. The van der Waals surface area contributed by atoms with E-state index in [1.54, 1.807) is 0 Å². The molecule has 0 spiro atoms. The van der Waals surface area contributed by atoms with E-state index >= 15 is 0 Å². The number of aliphatic hydroxyl groups is 2. The maximum atomic E-state index is 13.2. The number of unbranched alkanes of at least 4 members (excludes halogenated alkanes) is 20. The summed E-state index contributed by atoms with van der Waals surface area (Å²) in [6.45, 7) is 6.29. The van der Waals surface area contributed by atoms with E-state index in [0.29, 0.717) is 19.3 Å². The third-order valence-electron chi connectivity index (χ3n) is 11.0. The summed E-state index contributed by atoms with van der Waals surface area (Å²) in [5, 5.41) is 23.7. The molecule has 350 valence electrons. The number of carbonyl (C=O) groups is 2. The van der Waals surface area contributed by atoms with Crippen LogP contribution in [0.4, 0.5) is 0 Å². The summed E-state index contributed by atoms with van der Waals surface area (Å²) in [7, 11) is 0. The summed E-state index contributed by atoms with van der Waals surface area (Å²) < 4.78 is 5.89. The van der Waals surface area contributed by atoms with Crippen LogP contribution in [0.5, 0.6) is 0 Å². The SMILES string of the molecule is CC/C=C/C=C/C=C\CCCCCCCC(=O)OC(CCC/C=C\C/C=C\C/C=C\C/C=C\CCCCC)CC(=O)NC(CO)C(O)CCCCCCCCCCCCCC. The summed E-state index contributed by atoms with van der Waals surface area (Å²) in [5.74, 6) is -0.557. The molecular formula is C55H95NO5. The summed E-state index contributed by atoms with van der Waals surface area (Å²) in [5.41, 5.74) is 0. The Labute approximate surface area is 376 Å². The highest BCUT2D eigenvalue weighted by molar-refractivity contribution is 5.77. The molecule has 1 amide bonds. The molecule has 0 aromatic carbocycles. The van der Waals surface area contributed by atoms with E-state index in [1.165, 1.54) is 83.5 Å². The maximum Gasteiger partial charge on any atom is 0.306 e. The molecule has 3 N–H and O–H groups in total. The van der Waals surface area contributed by atoms with Crippen molar-refractivity contribution in [2.45, 2.75) is 244 Å². The van der Waals surface area contributed by atoms with Gasteiger partial charge in [0, 0.05) is 6.42 Å². The Morgan fingerprint density at radius 3 is 1.54 bits per heavy atom. The predicted molar refractivity (Wildman–Crippen MR) is 264 cm³/mol. The summed E-state index contributed by atoms with van der Waals surface area (Å²) >= 11 is 0. The second kappa shape index (κ2) is 48.1. The van der Waals surface area contributed by atoms with Crippen molar-refractivity contribution in [3.63, 3.8) is 0 Å². The van der Waals surface area contributed by atoms with Crippen LogP contribution in [0.2, 0.25) is 0 Å². The third-order valence-corrected chi connectivity index (χ3v) is 11.0. The first-order chi connectivity index (χ1) is 30.0. The Hall–Kier alpha value is -2.96. The minimum Gasteiger partial charge on any atom is -0.462 e. The number of nitrogens with one attached hydrogen (secondary N) is 1. The highest BCUT2D eigenvalue weighted by Gasteiger charge is 2.24. The predicted octanol–water partition coefficient (Wildman–Crippen LogP) is 15.2. The van der Waals surface area contributed by atoms with Crippen molar-refractivity contribution in [3.05, 3.63) is 85.1 Å². The Kier molecular flexibility index (Phi) is 45.7. The lowest BCUT2D eigenvalue weighted by atomic mass is 10.0. The minimum atomic E-state index is -0.809. The second-order valence-corrected chi connectivity index (χ2v) is 16.9. The fraction of sp³-hybridized carbons (Fsp3) is 0.709. The van der Waals surface area contributed by atoms with Crippen LogP contribution in [0.15, 0.2) is 85.1 Å². The molecule has 0 bridgehead atoms. The van der Waals surface area contributed by atoms with Crippen LogP contribution in [-0.2, 0) is 14.3 Å². The highest BCUT2D eigenvalue weighted by atomic mass is 16.5. The first-order valence-electron chi connectivity index (χ1n) is 25.3. The lowest BCUT2D eigenvalue weighted by Gasteiger charge is -2.24. The van der Waals surface area contributed by atoms with E-state index < -0.39 is 18.2 Å². The second-order valence-electron chi connectivity index (χ2n) is 16.9. The van der Waals surface area contributed by atoms with Crippen LogP contribution in [0.1, 0.15) is 226 Å². The smallest absolute Gasteiger partial charge is 0.306 e. The van der Waals surface area contributed by atoms with Gasteiger partial charge in [-0.1, -0.05) is 215 Å². The van der Waals surface area contributed by atoms with Gasteiger partial charge in [0.1, 0.15) is 6.10 Å². The van der Waals surface area contributed by atoms with E-state index in [2.05, 4.69) is 111 Å². The molecular weight excluding hydrogens is 755 g/mol. The van der Waals surface area contributed by atoms with Crippen molar-refractivity contribution in [1.82, 2.24) is 5.32 Å². The topological polar surface area (TPSA) is 95.9 Å². The molecule has 0 aliphatic heterocycles. The van der Waals surface area contributed by atoms with Crippen molar-refractivity contribution in [1.29, 1.82) is 0 Å². The molecule has 0 saturated heterocycles. The largest absolute Gasteiger partial charge is 0.462 e. The van der Waals surface area contributed by atoms with E-state index in [9.17, 15) is 19.8 Å². The van der Waals surface area contributed by atoms with Gasteiger partial charge in [0.15, 0.2) is 0 Å². The standard InChI is InChI=1S/C55H95NO5/c1-4-7-10-13-16-19-22-25-26-27-28-30-31-34-37-40-43-46-51(61-55(60)48-45-42-39-36-33-29-23-20-17-14-11-8-5-2)49-54(59)56-52(50-57)53(58)47-44-41-38-35-32-24-21-18-15-12-9-6-3/h8,11,14,16-17,19-20,23,25-26,28,30,34,37,51-53,57-58H,4-7,9-10,12-13,15,18,21-22,24,27,29,31-33,35-36,38-50H2,1-3H3,(H,56,59)/b11-8+,17-14+,19-16-,23-20-,26-25-,30-28-,37-34-. The van der Waals surface area contributed by atoms with Gasteiger partial charge in [-0.25, -0.2) is 0 Å². The molecule has 61 heavy (non-hydrogen) atoms. The molecule has 6 heteroatoms. The first kappa shape index (κ1) is 58.0. The van der Waals surface area contributed by atoms with Crippen molar-refractivity contribution in [2.75, 3.05) is 6.61 Å². The van der Waals surface area contributed by atoms with Gasteiger partial charge in [-0.05, 0) is 83.5 Å². The monoisotopic (exact) mass is 850 g/mol. The zero-order valence-corrected chi connectivity index (χ0v) is 39.8. The molecule has 0 radical (unpaired) electrons. The normalized spacial score (nSPS) is 14.0. The summed E-state index contributed by atoms with van der Waals surface area (Å²) in [4.78, 5) is 26.1. The van der Waals surface area contributed by atoms with E-state index in [0.717, 1.165) is 96.3 Å². The third kappa shape index (κ3) is 43.5. The molecule has 6 nitrogen and oxygen atoms in total. The average Bonchev–Trinajstić information content (AvgIpc) is 3.25. The number of allylic oxidation sites excluding steroid dienone is 14. The molecule has 0 heterocycles. The quantitative estimate of drug-likeness (QED) is 0.0246. The minimum absolute atomic E-state index is 0.0276. The van der Waals surface area contributed by atoms with Crippen LogP contribution in [0, 0.1) is 0 Å². The summed E-state index contributed by atoms with van der Waals surface area (Å²) in [6, 6.07) is -0.727. The van der Waals surface area contributed by atoms with Gasteiger partial charge in [0.05, 0.1) is 25.2 Å². The number of rotatable bonds is 44. The van der Waals surface area contributed by atoms with Crippen LogP contribution < -0.4 is 5.32 Å². The number of hydrogen-bond acceptors (Lipinski definition) is 5. The first-order valence-corrected chi connectivity index (χ1v) is 25.3. The fourth-order valence-corrected chi connectivity index (χ4v) is 7.18. The highest BCUT2D eigenvalue weighted by Crippen LogP contribution is 2.16. The molecule has 0 fully saturated rings. The summed E-state index contributed by atoms with van der Waals surface area (Å²) in [6.07, 6.45) is 62.1. The van der Waals surface area contributed by atoms with Crippen molar-refractivity contribution in [2.24, 2.45) is 0 Å². The van der Waals surface area contributed by atoms with Gasteiger partial charge in [-0.3, -0.25) is 9.59 Å². The molecule has 0 aliphatic rings. The zero-order chi connectivity index (χ0) is 44.5. The van der Waals surface area contributed by atoms with Gasteiger partial charge in [-0.15, -0.1) is 0 Å². The van der Waals surface area contributed by atoms with Gasteiger partial charge < -0.3 is 20.3 Å². The Morgan fingerprint density at radius 1 is 0.508 bits per heavy atom. The van der Waals surface area contributed by atoms with Crippen LogP contribution >= 0.6 is 0 Å². The van der Waals surface area contributed by atoms with Crippen molar-refractivity contribution < 1.29 is 24.5 Å². The number of hydrogen-bond donors (Lipinski definition) is 3. The molecule has 0 aliphatic carbocycles. The number of ether oxygens (including phenoxy) is 1. The number of carbonyl (C=O) groups excluding carboxylic acids is 2. The molecule has 0 aromatic rings. The lowest BCUT2D eigenvalue weighted by Crippen LogP contribution is -2.46. The van der Waals surface area contributed by atoms with Gasteiger partial charge in [-0.2, -0.15) is 0 Å². The van der Waals surface area contributed by atoms with Crippen molar-refractivity contribution in [3.8, 4) is 0 Å². The van der Waals surface area contributed by atoms with Crippen molar-refractivity contribution >= 4 is 11.9 Å². The van der Waals surface area contributed by atoms with Crippen LogP contribution in [0.25, 0.3) is 0 Å². The van der Waals surface area contributed by atoms with E-state index in [4.69, 9.17) is 4.74 Å². The Balaban J connectivity index is 4.75. The lowest BCUT2D eigenvalue weighted by molar-refractivity contribution is -0.151.